The smallest absolute Gasteiger partial charge is 0.176 e. The lowest BCUT2D eigenvalue weighted by atomic mass is 10.2. The van der Waals surface area contributed by atoms with Crippen LogP contribution in [0.25, 0.3) is 22.6 Å². The van der Waals surface area contributed by atoms with E-state index in [0.717, 1.165) is 34.8 Å². The quantitative estimate of drug-likeness (QED) is 0.725. The lowest BCUT2D eigenvalue weighted by Gasteiger charge is -1.96. The molecule has 0 unspecified atom stereocenters. The highest BCUT2D eigenvalue weighted by Crippen LogP contribution is 2.22. The van der Waals surface area contributed by atoms with Gasteiger partial charge in [-0.1, -0.05) is 0 Å². The summed E-state index contributed by atoms with van der Waals surface area (Å²) < 4.78 is 3.72. The molecule has 3 heterocycles. The predicted molar refractivity (Wildman–Crippen MR) is 64.5 cm³/mol. The van der Waals surface area contributed by atoms with E-state index >= 15 is 0 Å². The summed E-state index contributed by atoms with van der Waals surface area (Å²) in [6.45, 7) is 4.90. The third kappa shape index (κ3) is 1.37. The van der Waals surface area contributed by atoms with E-state index in [2.05, 4.69) is 27.1 Å². The SMILES string of the molecule is CCn1ncc2[nH]c(-c3cnn(C)c3C)nc21. The highest BCUT2D eigenvalue weighted by Gasteiger charge is 2.13. The number of hydrogen-bond acceptors (Lipinski definition) is 3. The first-order valence-corrected chi connectivity index (χ1v) is 5.61. The van der Waals surface area contributed by atoms with Crippen molar-refractivity contribution in [1.29, 1.82) is 0 Å². The average molecular weight is 230 g/mol. The molecule has 0 saturated carbocycles. The number of imidazole rings is 1. The number of rotatable bonds is 2. The van der Waals surface area contributed by atoms with Crippen molar-refractivity contribution in [2.45, 2.75) is 20.4 Å². The Kier molecular flexibility index (Phi) is 2.04. The normalized spacial score (nSPS) is 11.5. The molecule has 1 N–H and O–H groups in total. The lowest BCUT2D eigenvalue weighted by Crippen LogP contribution is -1.96. The van der Waals surface area contributed by atoms with Crippen molar-refractivity contribution in [2.75, 3.05) is 0 Å². The van der Waals surface area contributed by atoms with Crippen LogP contribution in [0, 0.1) is 6.92 Å². The van der Waals surface area contributed by atoms with Crippen molar-refractivity contribution in [1.82, 2.24) is 29.5 Å². The van der Waals surface area contributed by atoms with Crippen LogP contribution in [0.3, 0.4) is 0 Å². The van der Waals surface area contributed by atoms with Crippen LogP contribution >= 0.6 is 0 Å². The third-order valence-corrected chi connectivity index (χ3v) is 3.07. The number of aromatic nitrogens is 6. The van der Waals surface area contributed by atoms with E-state index in [1.165, 1.54) is 0 Å². The van der Waals surface area contributed by atoms with Crippen molar-refractivity contribution in [2.24, 2.45) is 7.05 Å². The highest BCUT2D eigenvalue weighted by molar-refractivity contribution is 5.76. The first-order valence-electron chi connectivity index (χ1n) is 5.61. The number of hydrogen-bond donors (Lipinski definition) is 1. The molecule has 3 rings (SSSR count). The molecular weight excluding hydrogens is 216 g/mol. The lowest BCUT2D eigenvalue weighted by molar-refractivity contribution is 0.677. The molecule has 6 nitrogen and oxygen atoms in total. The Balaban J connectivity index is 2.18. The van der Waals surface area contributed by atoms with E-state index in [1.54, 1.807) is 6.20 Å². The van der Waals surface area contributed by atoms with Crippen LogP contribution in [-0.4, -0.2) is 29.5 Å². The predicted octanol–water partition coefficient (Wildman–Crippen LogP) is 1.49. The van der Waals surface area contributed by atoms with Gasteiger partial charge in [-0.15, -0.1) is 0 Å². The van der Waals surface area contributed by atoms with Gasteiger partial charge in [-0.25, -0.2) is 9.67 Å². The zero-order chi connectivity index (χ0) is 12.0. The van der Waals surface area contributed by atoms with Gasteiger partial charge in [-0.3, -0.25) is 4.68 Å². The summed E-state index contributed by atoms with van der Waals surface area (Å²) in [4.78, 5) is 7.85. The number of nitrogens with zero attached hydrogens (tertiary/aromatic N) is 5. The van der Waals surface area contributed by atoms with Gasteiger partial charge in [0.25, 0.3) is 0 Å². The van der Waals surface area contributed by atoms with Gasteiger partial charge in [0.1, 0.15) is 11.3 Å². The molecule has 3 aromatic heterocycles. The van der Waals surface area contributed by atoms with Gasteiger partial charge in [-0.05, 0) is 13.8 Å². The number of H-pyrrole nitrogens is 1. The molecule has 0 radical (unpaired) electrons. The maximum Gasteiger partial charge on any atom is 0.176 e. The molecular formula is C11H14N6. The van der Waals surface area contributed by atoms with E-state index in [0.29, 0.717) is 0 Å². The van der Waals surface area contributed by atoms with Crippen molar-refractivity contribution >= 4 is 11.2 Å². The molecule has 0 spiro atoms. The van der Waals surface area contributed by atoms with Crippen LogP contribution in [0.15, 0.2) is 12.4 Å². The summed E-state index contributed by atoms with van der Waals surface area (Å²) in [7, 11) is 1.93. The van der Waals surface area contributed by atoms with Gasteiger partial charge >= 0.3 is 0 Å². The van der Waals surface area contributed by atoms with Gasteiger partial charge in [-0.2, -0.15) is 10.2 Å². The highest BCUT2D eigenvalue weighted by atomic mass is 15.3. The Morgan fingerprint density at radius 1 is 1.29 bits per heavy atom. The molecule has 0 saturated heterocycles. The molecule has 17 heavy (non-hydrogen) atoms. The maximum atomic E-state index is 4.58. The van der Waals surface area contributed by atoms with Gasteiger partial charge in [0.2, 0.25) is 0 Å². The summed E-state index contributed by atoms with van der Waals surface area (Å²) in [5.41, 5.74) is 3.99. The second kappa shape index (κ2) is 3.44. The van der Waals surface area contributed by atoms with Crippen molar-refractivity contribution in [3.8, 4) is 11.4 Å². The minimum absolute atomic E-state index is 0.819. The number of aromatic amines is 1. The molecule has 0 aliphatic rings. The van der Waals surface area contributed by atoms with E-state index in [4.69, 9.17) is 0 Å². The second-order valence-corrected chi connectivity index (χ2v) is 4.05. The number of fused-ring (bicyclic) bond motifs is 1. The molecule has 0 amide bonds. The Morgan fingerprint density at radius 2 is 2.12 bits per heavy atom. The maximum absolute atomic E-state index is 4.58. The molecule has 88 valence electrons. The first kappa shape index (κ1) is 10.1. The topological polar surface area (TPSA) is 64.3 Å². The molecule has 3 aromatic rings. The van der Waals surface area contributed by atoms with E-state index in [9.17, 15) is 0 Å². The number of nitrogens with one attached hydrogen (secondary N) is 1. The van der Waals surface area contributed by atoms with Gasteiger partial charge in [0, 0.05) is 19.3 Å². The zero-order valence-corrected chi connectivity index (χ0v) is 10.1. The molecule has 0 aliphatic carbocycles. The van der Waals surface area contributed by atoms with Crippen LogP contribution in [-0.2, 0) is 13.6 Å². The first-order chi connectivity index (χ1) is 8.20. The number of aryl methyl sites for hydroxylation is 2. The Bertz CT molecular complexity index is 671. The molecule has 0 bridgehead atoms. The summed E-state index contributed by atoms with van der Waals surface area (Å²) in [6, 6.07) is 0. The Hall–Kier alpha value is -2.11. The van der Waals surface area contributed by atoms with E-state index in [1.807, 2.05) is 29.5 Å². The summed E-state index contributed by atoms with van der Waals surface area (Å²) in [6.07, 6.45) is 3.64. The van der Waals surface area contributed by atoms with Gasteiger partial charge < -0.3 is 4.98 Å². The van der Waals surface area contributed by atoms with Crippen LogP contribution < -0.4 is 0 Å². The van der Waals surface area contributed by atoms with Crippen LogP contribution in [0.5, 0.6) is 0 Å². The van der Waals surface area contributed by atoms with Gasteiger partial charge in [0.05, 0.1) is 18.0 Å². The van der Waals surface area contributed by atoms with Gasteiger partial charge in [0.15, 0.2) is 5.65 Å². The van der Waals surface area contributed by atoms with E-state index < -0.39 is 0 Å². The molecule has 6 heteroatoms. The fourth-order valence-corrected chi connectivity index (χ4v) is 1.94. The Morgan fingerprint density at radius 3 is 2.76 bits per heavy atom. The summed E-state index contributed by atoms with van der Waals surface area (Å²) in [5, 5.41) is 8.46. The summed E-state index contributed by atoms with van der Waals surface area (Å²) in [5.74, 6) is 0.852. The minimum Gasteiger partial charge on any atom is -0.335 e. The molecule has 0 atom stereocenters. The van der Waals surface area contributed by atoms with Crippen molar-refractivity contribution in [3.05, 3.63) is 18.1 Å². The largest absolute Gasteiger partial charge is 0.335 e. The Labute approximate surface area is 98.3 Å². The third-order valence-electron chi connectivity index (χ3n) is 3.07. The minimum atomic E-state index is 0.819. The van der Waals surface area contributed by atoms with Crippen LogP contribution in [0.1, 0.15) is 12.6 Å². The molecule has 0 aliphatic heterocycles. The average Bonchev–Trinajstić information content (AvgIpc) is 2.95. The van der Waals surface area contributed by atoms with Crippen LogP contribution in [0.2, 0.25) is 0 Å². The molecule has 0 fully saturated rings. The zero-order valence-electron chi connectivity index (χ0n) is 10.1. The van der Waals surface area contributed by atoms with Crippen molar-refractivity contribution in [3.63, 3.8) is 0 Å². The van der Waals surface area contributed by atoms with Crippen LogP contribution in [0.4, 0.5) is 0 Å². The molecule has 0 aromatic carbocycles. The second-order valence-electron chi connectivity index (χ2n) is 4.05. The van der Waals surface area contributed by atoms with Crippen molar-refractivity contribution < 1.29 is 0 Å². The summed E-state index contributed by atoms with van der Waals surface area (Å²) >= 11 is 0. The van der Waals surface area contributed by atoms with E-state index in [-0.39, 0.29) is 0 Å². The monoisotopic (exact) mass is 230 g/mol. The standard InChI is InChI=1S/C11H14N6/c1-4-17-11-9(6-13-17)14-10(15-11)8-5-12-16(3)7(8)2/h5-6H,4H2,1-3H3,(H,14,15). The fourth-order valence-electron chi connectivity index (χ4n) is 1.94. The fraction of sp³-hybridized carbons (Fsp3) is 0.364.